The third-order valence-electron chi connectivity index (χ3n) is 4.72. The minimum Gasteiger partial charge on any atom is -0.481 e. The van der Waals surface area contributed by atoms with E-state index in [0.717, 1.165) is 22.2 Å². The second kappa shape index (κ2) is 8.10. The zero-order valence-corrected chi connectivity index (χ0v) is 17.8. The smallest absolute Gasteiger partial charge is 0.417 e. The molecule has 0 aliphatic carbocycles. The summed E-state index contributed by atoms with van der Waals surface area (Å²) in [5.41, 5.74) is 1.32. The number of hydrogen-bond donors (Lipinski definition) is 1. The molecule has 0 aliphatic rings. The highest BCUT2D eigenvalue weighted by Crippen LogP contribution is 2.34. The van der Waals surface area contributed by atoms with Crippen LogP contribution >= 0.6 is 23.2 Å². The van der Waals surface area contributed by atoms with Gasteiger partial charge in [-0.15, -0.1) is 0 Å². The number of aryl methyl sites for hydroxylation is 2. The molecule has 1 N–H and O–H groups in total. The zero-order chi connectivity index (χ0) is 23.2. The molecule has 0 atom stereocenters. The largest absolute Gasteiger partial charge is 0.481 e. The van der Waals surface area contributed by atoms with Gasteiger partial charge in [0.2, 0.25) is 5.82 Å². The fourth-order valence-corrected chi connectivity index (χ4v) is 3.68. The summed E-state index contributed by atoms with van der Waals surface area (Å²) in [5, 5.41) is 13.0. The van der Waals surface area contributed by atoms with Crippen LogP contribution in [0.15, 0.2) is 35.1 Å². The van der Waals surface area contributed by atoms with Crippen molar-refractivity contribution in [3.8, 4) is 23.0 Å². The van der Waals surface area contributed by atoms with Gasteiger partial charge >= 0.3 is 12.1 Å². The molecule has 0 radical (unpaired) electrons. The van der Waals surface area contributed by atoms with Crippen LogP contribution in [0.25, 0.3) is 28.6 Å². The van der Waals surface area contributed by atoms with Gasteiger partial charge in [0.25, 0.3) is 5.89 Å². The molecular weight excluding hydrogens is 472 g/mol. The summed E-state index contributed by atoms with van der Waals surface area (Å²) in [6.45, 7) is 1.79. The normalized spacial score (nSPS) is 11.9. The maximum Gasteiger partial charge on any atom is 0.417 e. The minimum atomic E-state index is -4.56. The Morgan fingerprint density at radius 2 is 1.91 bits per heavy atom. The molecule has 32 heavy (non-hydrogen) atoms. The molecule has 0 bridgehead atoms. The molecule has 0 saturated heterocycles. The average Bonchev–Trinajstić information content (AvgIpc) is 3.34. The third kappa shape index (κ3) is 4.28. The molecule has 4 aromatic rings. The van der Waals surface area contributed by atoms with E-state index in [1.165, 1.54) is 6.20 Å². The number of hydrogen-bond acceptors (Lipinski definition) is 5. The van der Waals surface area contributed by atoms with Crippen LogP contribution in [0, 0.1) is 6.92 Å². The fraction of sp³-hybridized carbons (Fsp3) is 0.200. The zero-order valence-electron chi connectivity index (χ0n) is 16.2. The first-order valence-corrected chi connectivity index (χ1v) is 9.89. The number of alkyl halides is 3. The summed E-state index contributed by atoms with van der Waals surface area (Å²) < 4.78 is 45.5. The molecule has 7 nitrogen and oxygen atoms in total. The monoisotopic (exact) mass is 484 g/mol. The van der Waals surface area contributed by atoms with E-state index in [1.807, 2.05) is 0 Å². The minimum absolute atomic E-state index is 0.0150. The standard InChI is InChI=1S/C20H13Cl2F3N4O3/c1-9-4-10(2-3-16(30)31)13(21)6-12(9)17-27-19(32-28-17)15-8-29-7-11(20(23,24)25)5-14(22)18(29)26-15/h4-8H,2-3H2,1H3,(H,30,31). The summed E-state index contributed by atoms with van der Waals surface area (Å²) in [6, 6.07) is 4.16. The van der Waals surface area contributed by atoms with E-state index in [9.17, 15) is 18.0 Å². The average molecular weight is 485 g/mol. The molecule has 3 heterocycles. The number of imidazole rings is 1. The lowest BCUT2D eigenvalue weighted by Gasteiger charge is -2.08. The van der Waals surface area contributed by atoms with E-state index < -0.39 is 17.7 Å². The first-order valence-electron chi connectivity index (χ1n) is 9.13. The van der Waals surface area contributed by atoms with Crippen LogP contribution < -0.4 is 0 Å². The lowest BCUT2D eigenvalue weighted by atomic mass is 10.0. The number of carboxylic acids is 1. The van der Waals surface area contributed by atoms with Crippen molar-refractivity contribution in [2.45, 2.75) is 25.9 Å². The molecular formula is C20H13Cl2F3N4O3. The number of benzene rings is 1. The second-order valence-electron chi connectivity index (χ2n) is 7.01. The SMILES string of the molecule is Cc1cc(CCC(=O)O)c(Cl)cc1-c1noc(-c2cn3cc(C(F)(F)F)cc(Cl)c3n2)n1. The van der Waals surface area contributed by atoms with E-state index in [4.69, 9.17) is 32.8 Å². The van der Waals surface area contributed by atoms with E-state index in [-0.39, 0.29) is 40.9 Å². The van der Waals surface area contributed by atoms with Crippen LogP contribution in [0.3, 0.4) is 0 Å². The highest BCUT2D eigenvalue weighted by Gasteiger charge is 2.32. The first kappa shape index (κ1) is 22.1. The van der Waals surface area contributed by atoms with Gasteiger partial charge in [0.05, 0.1) is 10.6 Å². The van der Waals surface area contributed by atoms with Gasteiger partial charge in [0.15, 0.2) is 5.65 Å². The summed E-state index contributed by atoms with van der Waals surface area (Å²) in [4.78, 5) is 19.3. The highest BCUT2D eigenvalue weighted by molar-refractivity contribution is 6.33. The molecule has 0 spiro atoms. The molecule has 0 amide bonds. The summed E-state index contributed by atoms with van der Waals surface area (Å²) in [5.74, 6) is -0.748. The molecule has 12 heteroatoms. The number of carbonyl (C=O) groups is 1. The van der Waals surface area contributed by atoms with E-state index in [1.54, 1.807) is 19.1 Å². The maximum atomic E-state index is 13.0. The van der Waals surface area contributed by atoms with E-state index in [0.29, 0.717) is 16.1 Å². The molecule has 1 aromatic carbocycles. The first-order chi connectivity index (χ1) is 15.0. The van der Waals surface area contributed by atoms with Crippen molar-refractivity contribution in [1.82, 2.24) is 19.5 Å². The number of aromatic nitrogens is 4. The van der Waals surface area contributed by atoms with Crippen molar-refractivity contribution in [2.75, 3.05) is 0 Å². The van der Waals surface area contributed by atoms with Crippen molar-refractivity contribution in [3.63, 3.8) is 0 Å². The van der Waals surface area contributed by atoms with Crippen LogP contribution in [-0.2, 0) is 17.4 Å². The summed E-state index contributed by atoms with van der Waals surface area (Å²) in [6.07, 6.45) is -2.17. The Kier molecular flexibility index (Phi) is 5.59. The number of pyridine rings is 1. The number of aliphatic carboxylic acids is 1. The molecule has 0 unspecified atom stereocenters. The summed E-state index contributed by atoms with van der Waals surface area (Å²) in [7, 11) is 0. The molecule has 166 valence electrons. The predicted octanol–water partition coefficient (Wildman–Crippen LogP) is 5.70. The van der Waals surface area contributed by atoms with Crippen molar-refractivity contribution < 1.29 is 27.6 Å². The molecule has 3 aromatic heterocycles. The van der Waals surface area contributed by atoms with Gasteiger partial charge in [-0.25, -0.2) is 4.98 Å². The van der Waals surface area contributed by atoms with Crippen molar-refractivity contribution in [1.29, 1.82) is 0 Å². The van der Waals surface area contributed by atoms with Gasteiger partial charge in [-0.1, -0.05) is 34.4 Å². The number of halogens is 5. The molecule has 0 fully saturated rings. The van der Waals surface area contributed by atoms with E-state index >= 15 is 0 Å². The number of fused-ring (bicyclic) bond motifs is 1. The Morgan fingerprint density at radius 1 is 1.16 bits per heavy atom. The van der Waals surface area contributed by atoms with Crippen molar-refractivity contribution in [3.05, 3.63) is 57.3 Å². The summed E-state index contributed by atoms with van der Waals surface area (Å²) >= 11 is 12.2. The lowest BCUT2D eigenvalue weighted by Crippen LogP contribution is -2.06. The Bertz CT molecular complexity index is 1350. The number of nitrogens with zero attached hydrogens (tertiary/aromatic N) is 4. The van der Waals surface area contributed by atoms with Gasteiger partial charge in [-0.05, 0) is 36.6 Å². The highest BCUT2D eigenvalue weighted by atomic mass is 35.5. The number of carboxylic acid groups (broad SMARTS) is 1. The van der Waals surface area contributed by atoms with Crippen molar-refractivity contribution >= 4 is 34.8 Å². The van der Waals surface area contributed by atoms with Gasteiger partial charge in [0.1, 0.15) is 5.69 Å². The van der Waals surface area contributed by atoms with Gasteiger partial charge in [-0.2, -0.15) is 18.2 Å². The van der Waals surface area contributed by atoms with Gasteiger partial charge in [-0.3, -0.25) is 4.79 Å². The van der Waals surface area contributed by atoms with Crippen molar-refractivity contribution in [2.24, 2.45) is 0 Å². The predicted molar refractivity (Wildman–Crippen MR) is 110 cm³/mol. The second-order valence-corrected chi connectivity index (χ2v) is 7.82. The van der Waals surface area contributed by atoms with Crippen LogP contribution in [0.2, 0.25) is 10.0 Å². The quantitative estimate of drug-likeness (QED) is 0.390. The number of rotatable bonds is 5. The topological polar surface area (TPSA) is 93.5 Å². The lowest BCUT2D eigenvalue weighted by molar-refractivity contribution is -0.138. The van der Waals surface area contributed by atoms with Crippen LogP contribution in [-0.4, -0.2) is 30.6 Å². The van der Waals surface area contributed by atoms with Crippen LogP contribution in [0.5, 0.6) is 0 Å². The fourth-order valence-electron chi connectivity index (χ4n) is 3.17. The Hall–Kier alpha value is -3.11. The van der Waals surface area contributed by atoms with Gasteiger partial charge in [0, 0.05) is 29.4 Å². The van der Waals surface area contributed by atoms with Crippen LogP contribution in [0.4, 0.5) is 13.2 Å². The van der Waals surface area contributed by atoms with E-state index in [2.05, 4.69) is 15.1 Å². The molecule has 4 rings (SSSR count). The van der Waals surface area contributed by atoms with Crippen LogP contribution in [0.1, 0.15) is 23.1 Å². The molecule has 0 saturated carbocycles. The molecule has 0 aliphatic heterocycles. The Morgan fingerprint density at radius 3 is 2.59 bits per heavy atom. The Balaban J connectivity index is 1.68. The Labute approximate surface area is 188 Å². The maximum absolute atomic E-state index is 13.0. The van der Waals surface area contributed by atoms with Gasteiger partial charge < -0.3 is 14.0 Å². The third-order valence-corrected chi connectivity index (χ3v) is 5.35.